The van der Waals surface area contributed by atoms with Crippen molar-refractivity contribution in [2.45, 2.75) is 39.5 Å². The number of carbonyl (C=O) groups excluding carboxylic acids is 1. The molecule has 0 bridgehead atoms. The second-order valence-electron chi connectivity index (χ2n) is 6.22. The quantitative estimate of drug-likeness (QED) is 0.619. The number of phenols is 1. The number of benzene rings is 1. The van der Waals surface area contributed by atoms with E-state index in [1.807, 2.05) is 0 Å². The minimum absolute atomic E-state index is 0.0727. The number of allylic oxidation sites excluding steroid dienone is 3. The smallest absolute Gasteiger partial charge is 0.341 e. The van der Waals surface area contributed by atoms with Crippen molar-refractivity contribution in [1.82, 2.24) is 0 Å². The summed E-state index contributed by atoms with van der Waals surface area (Å²) in [5.41, 5.74) is 3.23. The monoisotopic (exact) mass is 330 g/mol. The summed E-state index contributed by atoms with van der Waals surface area (Å²) in [6.07, 6.45) is 5.87. The topological polar surface area (TPSA) is 55.8 Å². The highest BCUT2D eigenvalue weighted by atomic mass is 16.5. The van der Waals surface area contributed by atoms with E-state index in [1.165, 1.54) is 11.6 Å². The average molecular weight is 330 g/mol. The summed E-state index contributed by atoms with van der Waals surface area (Å²) in [6.45, 7) is 8.36. The Balaban J connectivity index is 2.26. The van der Waals surface area contributed by atoms with Gasteiger partial charge in [-0.25, -0.2) is 4.79 Å². The van der Waals surface area contributed by atoms with Crippen molar-refractivity contribution >= 4 is 5.97 Å². The summed E-state index contributed by atoms with van der Waals surface area (Å²) in [4.78, 5) is 12.0. The first-order valence-electron chi connectivity index (χ1n) is 8.37. The van der Waals surface area contributed by atoms with Gasteiger partial charge in [-0.3, -0.25) is 0 Å². The van der Waals surface area contributed by atoms with Crippen molar-refractivity contribution in [3.05, 3.63) is 47.1 Å². The van der Waals surface area contributed by atoms with Crippen LogP contribution in [0.1, 0.15) is 49.0 Å². The SMILES string of the molecule is C=C(Cc1c(OC)ccc(C(=O)OCC)c1O)[C@@H]1CC=C(C)CC1. The van der Waals surface area contributed by atoms with Crippen LogP contribution in [0.2, 0.25) is 0 Å². The van der Waals surface area contributed by atoms with Gasteiger partial charge in [-0.2, -0.15) is 0 Å². The van der Waals surface area contributed by atoms with Crippen molar-refractivity contribution in [2.24, 2.45) is 5.92 Å². The van der Waals surface area contributed by atoms with Gasteiger partial charge in [-0.15, -0.1) is 0 Å². The third kappa shape index (κ3) is 3.99. The number of hydrogen-bond acceptors (Lipinski definition) is 4. The van der Waals surface area contributed by atoms with Gasteiger partial charge < -0.3 is 14.6 Å². The van der Waals surface area contributed by atoms with Crippen LogP contribution in [0, 0.1) is 5.92 Å². The molecule has 0 aliphatic heterocycles. The summed E-state index contributed by atoms with van der Waals surface area (Å²) < 4.78 is 10.4. The molecule has 0 heterocycles. The summed E-state index contributed by atoms with van der Waals surface area (Å²) in [5.74, 6) is 0.352. The Hall–Kier alpha value is -2.23. The molecule has 1 N–H and O–H groups in total. The number of esters is 1. The second-order valence-corrected chi connectivity index (χ2v) is 6.22. The second kappa shape index (κ2) is 8.04. The molecule has 2 rings (SSSR count). The van der Waals surface area contributed by atoms with Crippen LogP contribution >= 0.6 is 0 Å². The zero-order valence-electron chi connectivity index (χ0n) is 14.7. The maximum atomic E-state index is 12.0. The fourth-order valence-electron chi connectivity index (χ4n) is 3.06. The lowest BCUT2D eigenvalue weighted by atomic mass is 9.82. The Morgan fingerprint density at radius 3 is 2.75 bits per heavy atom. The molecule has 4 heteroatoms. The van der Waals surface area contributed by atoms with Crippen molar-refractivity contribution in [3.63, 3.8) is 0 Å². The molecule has 0 spiro atoms. The molecule has 0 amide bonds. The molecule has 1 aliphatic rings. The van der Waals surface area contributed by atoms with Gasteiger partial charge in [0, 0.05) is 12.0 Å². The molecule has 0 unspecified atom stereocenters. The van der Waals surface area contributed by atoms with Crippen LogP contribution in [-0.2, 0) is 11.2 Å². The Kier molecular flexibility index (Phi) is 6.07. The lowest BCUT2D eigenvalue weighted by molar-refractivity contribution is 0.0523. The van der Waals surface area contributed by atoms with Crippen molar-refractivity contribution in [2.75, 3.05) is 13.7 Å². The molecule has 1 aromatic rings. The first-order valence-corrected chi connectivity index (χ1v) is 8.37. The van der Waals surface area contributed by atoms with Crippen molar-refractivity contribution in [3.8, 4) is 11.5 Å². The lowest BCUT2D eigenvalue weighted by Crippen LogP contribution is -2.11. The van der Waals surface area contributed by atoms with E-state index >= 15 is 0 Å². The number of aromatic hydroxyl groups is 1. The molecule has 1 aliphatic carbocycles. The highest BCUT2D eigenvalue weighted by Crippen LogP contribution is 2.37. The Labute approximate surface area is 143 Å². The van der Waals surface area contributed by atoms with Crippen LogP contribution in [0.3, 0.4) is 0 Å². The molecule has 1 atom stereocenters. The number of phenolic OH excluding ortho intramolecular Hbond substituents is 1. The average Bonchev–Trinajstić information content (AvgIpc) is 2.57. The third-order valence-electron chi connectivity index (χ3n) is 4.57. The first kappa shape index (κ1) is 18.1. The molecule has 130 valence electrons. The summed E-state index contributed by atoms with van der Waals surface area (Å²) in [6, 6.07) is 3.23. The number of carbonyl (C=O) groups is 1. The van der Waals surface area contributed by atoms with E-state index in [4.69, 9.17) is 9.47 Å². The third-order valence-corrected chi connectivity index (χ3v) is 4.57. The largest absolute Gasteiger partial charge is 0.507 e. The zero-order valence-corrected chi connectivity index (χ0v) is 14.7. The van der Waals surface area contributed by atoms with Gasteiger partial charge in [0.2, 0.25) is 0 Å². The molecule has 0 saturated heterocycles. The van der Waals surface area contributed by atoms with E-state index in [0.717, 1.165) is 24.8 Å². The van der Waals surface area contributed by atoms with Gasteiger partial charge >= 0.3 is 5.97 Å². The fourth-order valence-corrected chi connectivity index (χ4v) is 3.06. The standard InChI is InChI=1S/C20H26O4/c1-5-24-20(22)16-10-11-18(23-4)17(19(16)21)12-14(3)15-8-6-13(2)7-9-15/h6,10-11,15,21H,3,5,7-9,12H2,1-2,4H3/t15-/m1/s1. The van der Waals surface area contributed by atoms with Crippen molar-refractivity contribution < 1.29 is 19.4 Å². The summed E-state index contributed by atoms with van der Waals surface area (Å²) >= 11 is 0. The summed E-state index contributed by atoms with van der Waals surface area (Å²) in [5, 5.41) is 10.6. The van der Waals surface area contributed by atoms with Gasteiger partial charge in [0.15, 0.2) is 0 Å². The number of ether oxygens (including phenoxy) is 2. The number of methoxy groups -OCH3 is 1. The minimum atomic E-state index is -0.527. The van der Waals surface area contributed by atoms with E-state index in [2.05, 4.69) is 19.6 Å². The van der Waals surface area contributed by atoms with Gasteiger partial charge in [-0.1, -0.05) is 23.8 Å². The van der Waals surface area contributed by atoms with E-state index in [1.54, 1.807) is 20.1 Å². The Bertz CT molecular complexity index is 658. The molecule has 0 fully saturated rings. The highest BCUT2D eigenvalue weighted by molar-refractivity contribution is 5.93. The predicted molar refractivity (Wildman–Crippen MR) is 94.6 cm³/mol. The highest BCUT2D eigenvalue weighted by Gasteiger charge is 2.22. The first-order chi connectivity index (χ1) is 11.5. The van der Waals surface area contributed by atoms with Crippen LogP contribution in [0.25, 0.3) is 0 Å². The van der Waals surface area contributed by atoms with E-state index in [0.29, 0.717) is 23.7 Å². The maximum Gasteiger partial charge on any atom is 0.341 e. The van der Waals surface area contributed by atoms with Crippen LogP contribution in [0.15, 0.2) is 35.9 Å². The minimum Gasteiger partial charge on any atom is -0.507 e. The fraction of sp³-hybridized carbons (Fsp3) is 0.450. The molecular weight excluding hydrogens is 304 g/mol. The van der Waals surface area contributed by atoms with E-state index < -0.39 is 5.97 Å². The zero-order chi connectivity index (χ0) is 17.7. The molecule has 0 aromatic heterocycles. The number of hydrogen-bond donors (Lipinski definition) is 1. The molecule has 4 nitrogen and oxygen atoms in total. The van der Waals surface area contributed by atoms with E-state index in [-0.39, 0.29) is 17.9 Å². The van der Waals surface area contributed by atoms with E-state index in [9.17, 15) is 9.90 Å². The normalized spacial score (nSPS) is 17.1. The van der Waals surface area contributed by atoms with Crippen molar-refractivity contribution in [1.29, 1.82) is 0 Å². The Morgan fingerprint density at radius 2 is 2.17 bits per heavy atom. The molecule has 24 heavy (non-hydrogen) atoms. The molecule has 0 radical (unpaired) electrons. The van der Waals surface area contributed by atoms with Crippen LogP contribution in [0.5, 0.6) is 11.5 Å². The molecular formula is C20H26O4. The van der Waals surface area contributed by atoms with Gasteiger partial charge in [0.25, 0.3) is 0 Å². The van der Waals surface area contributed by atoms with Crippen LogP contribution in [-0.4, -0.2) is 24.8 Å². The van der Waals surface area contributed by atoms with Gasteiger partial charge in [0.05, 0.1) is 13.7 Å². The van der Waals surface area contributed by atoms with Crippen LogP contribution in [0.4, 0.5) is 0 Å². The predicted octanol–water partition coefficient (Wildman–Crippen LogP) is 4.42. The lowest BCUT2D eigenvalue weighted by Gasteiger charge is -2.24. The van der Waals surface area contributed by atoms with Gasteiger partial charge in [0.1, 0.15) is 17.1 Å². The molecule has 0 saturated carbocycles. The van der Waals surface area contributed by atoms with Gasteiger partial charge in [-0.05, 0) is 51.2 Å². The summed E-state index contributed by atoms with van der Waals surface area (Å²) in [7, 11) is 1.55. The van der Waals surface area contributed by atoms with Crippen LogP contribution < -0.4 is 4.74 Å². The number of rotatable bonds is 6. The maximum absolute atomic E-state index is 12.0. The Morgan fingerprint density at radius 1 is 1.42 bits per heavy atom. The molecule has 1 aromatic carbocycles.